The summed E-state index contributed by atoms with van der Waals surface area (Å²) >= 11 is 0. The second-order valence-corrected chi connectivity index (χ2v) is 7.44. The number of hydrogen-bond donors (Lipinski definition) is 1. The first kappa shape index (κ1) is 17.2. The van der Waals surface area contributed by atoms with Gasteiger partial charge in [0.25, 0.3) is 0 Å². The van der Waals surface area contributed by atoms with E-state index in [0.29, 0.717) is 11.5 Å². The summed E-state index contributed by atoms with van der Waals surface area (Å²) in [7, 11) is 2.08. The maximum absolute atomic E-state index is 3.50. The second-order valence-electron chi connectivity index (χ2n) is 7.44. The van der Waals surface area contributed by atoms with Crippen LogP contribution >= 0.6 is 0 Å². The SMILES string of the molecule is CCCc1cccc(C(CC(C)CC(C)(C)C)NC)c1. The first-order valence-corrected chi connectivity index (χ1v) is 8.12. The summed E-state index contributed by atoms with van der Waals surface area (Å²) in [5.41, 5.74) is 3.33. The van der Waals surface area contributed by atoms with Crippen molar-refractivity contribution in [3.8, 4) is 0 Å². The van der Waals surface area contributed by atoms with Gasteiger partial charge in [-0.1, -0.05) is 65.3 Å². The van der Waals surface area contributed by atoms with Crippen molar-refractivity contribution in [1.29, 1.82) is 0 Å². The van der Waals surface area contributed by atoms with Crippen LogP contribution in [-0.2, 0) is 6.42 Å². The minimum absolute atomic E-state index is 0.418. The Morgan fingerprint density at radius 3 is 2.45 bits per heavy atom. The maximum atomic E-state index is 3.50. The van der Waals surface area contributed by atoms with Crippen molar-refractivity contribution < 1.29 is 0 Å². The van der Waals surface area contributed by atoms with Gasteiger partial charge in [0.1, 0.15) is 0 Å². The van der Waals surface area contributed by atoms with Gasteiger partial charge < -0.3 is 5.32 Å². The van der Waals surface area contributed by atoms with Crippen LogP contribution in [0.5, 0.6) is 0 Å². The number of benzene rings is 1. The molecule has 0 amide bonds. The zero-order valence-corrected chi connectivity index (χ0v) is 14.3. The summed E-state index contributed by atoms with van der Waals surface area (Å²) in [6, 6.07) is 9.58. The third-order valence-corrected chi connectivity index (χ3v) is 3.84. The molecule has 0 radical (unpaired) electrons. The summed E-state index contributed by atoms with van der Waals surface area (Å²) in [6.07, 6.45) is 4.89. The van der Waals surface area contributed by atoms with E-state index < -0.39 is 0 Å². The molecule has 0 spiro atoms. The van der Waals surface area contributed by atoms with Crippen molar-refractivity contribution in [3.05, 3.63) is 35.4 Å². The van der Waals surface area contributed by atoms with Crippen LogP contribution in [0.1, 0.15) is 71.0 Å². The van der Waals surface area contributed by atoms with Crippen LogP contribution in [0.3, 0.4) is 0 Å². The van der Waals surface area contributed by atoms with Gasteiger partial charge in [0, 0.05) is 6.04 Å². The van der Waals surface area contributed by atoms with E-state index in [1.54, 1.807) is 0 Å². The molecule has 0 saturated heterocycles. The number of rotatable bonds is 7. The lowest BCUT2D eigenvalue weighted by molar-refractivity contribution is 0.279. The van der Waals surface area contributed by atoms with Gasteiger partial charge in [0.15, 0.2) is 0 Å². The van der Waals surface area contributed by atoms with E-state index in [0.717, 1.165) is 5.92 Å². The summed E-state index contributed by atoms with van der Waals surface area (Å²) in [5.74, 6) is 0.738. The molecule has 114 valence electrons. The normalized spacial score (nSPS) is 15.1. The van der Waals surface area contributed by atoms with E-state index in [9.17, 15) is 0 Å². The predicted molar refractivity (Wildman–Crippen MR) is 90.1 cm³/mol. The smallest absolute Gasteiger partial charge is 0.0320 e. The van der Waals surface area contributed by atoms with Crippen LogP contribution in [0, 0.1) is 11.3 Å². The quantitative estimate of drug-likeness (QED) is 0.706. The second kappa shape index (κ2) is 7.83. The van der Waals surface area contributed by atoms with Gasteiger partial charge in [0.2, 0.25) is 0 Å². The van der Waals surface area contributed by atoms with Crippen molar-refractivity contribution in [2.24, 2.45) is 11.3 Å². The van der Waals surface area contributed by atoms with Gasteiger partial charge in [0.05, 0.1) is 0 Å². The maximum Gasteiger partial charge on any atom is 0.0320 e. The molecular weight excluding hydrogens is 242 g/mol. The molecule has 2 atom stereocenters. The topological polar surface area (TPSA) is 12.0 Å². The Hall–Kier alpha value is -0.820. The molecule has 1 heteroatoms. The molecular formula is C19H33N. The van der Waals surface area contributed by atoms with Gasteiger partial charge in [-0.15, -0.1) is 0 Å². The lowest BCUT2D eigenvalue weighted by atomic mass is 9.82. The van der Waals surface area contributed by atoms with Crippen molar-refractivity contribution in [1.82, 2.24) is 5.32 Å². The minimum Gasteiger partial charge on any atom is -0.313 e. The molecule has 1 N–H and O–H groups in total. The van der Waals surface area contributed by atoms with E-state index in [1.807, 2.05) is 0 Å². The molecule has 0 heterocycles. The molecule has 0 aliphatic rings. The first-order valence-electron chi connectivity index (χ1n) is 8.12. The predicted octanol–water partition coefficient (Wildman–Crippen LogP) is 5.36. The highest BCUT2D eigenvalue weighted by atomic mass is 14.9. The monoisotopic (exact) mass is 275 g/mol. The number of nitrogens with one attached hydrogen (secondary N) is 1. The molecule has 1 rings (SSSR count). The average Bonchev–Trinajstić information content (AvgIpc) is 2.34. The van der Waals surface area contributed by atoms with Gasteiger partial charge in [-0.05, 0) is 48.8 Å². The summed E-state index contributed by atoms with van der Waals surface area (Å²) in [4.78, 5) is 0. The van der Waals surface area contributed by atoms with E-state index >= 15 is 0 Å². The van der Waals surface area contributed by atoms with Gasteiger partial charge >= 0.3 is 0 Å². The van der Waals surface area contributed by atoms with Crippen LogP contribution in [0.4, 0.5) is 0 Å². The molecule has 20 heavy (non-hydrogen) atoms. The fourth-order valence-electron chi connectivity index (χ4n) is 3.21. The van der Waals surface area contributed by atoms with E-state index in [-0.39, 0.29) is 0 Å². The average molecular weight is 275 g/mol. The van der Waals surface area contributed by atoms with Crippen LogP contribution in [-0.4, -0.2) is 7.05 Å². The Labute approximate surface area is 126 Å². The van der Waals surface area contributed by atoms with Crippen LogP contribution in [0.2, 0.25) is 0 Å². The molecule has 0 fully saturated rings. The standard InChI is InChI=1S/C19H33N/c1-7-9-16-10-8-11-17(13-16)18(20-6)12-15(2)14-19(3,4)5/h8,10-11,13,15,18,20H,7,9,12,14H2,1-6H3. The highest BCUT2D eigenvalue weighted by molar-refractivity contribution is 5.26. The fourth-order valence-corrected chi connectivity index (χ4v) is 3.21. The lowest BCUT2D eigenvalue weighted by Crippen LogP contribution is -2.21. The van der Waals surface area contributed by atoms with Gasteiger partial charge in [-0.2, -0.15) is 0 Å². The fraction of sp³-hybridized carbons (Fsp3) is 0.684. The first-order chi connectivity index (χ1) is 9.35. The van der Waals surface area contributed by atoms with Crippen molar-refractivity contribution in [2.45, 2.75) is 66.3 Å². The van der Waals surface area contributed by atoms with Gasteiger partial charge in [-0.25, -0.2) is 0 Å². The van der Waals surface area contributed by atoms with E-state index in [4.69, 9.17) is 0 Å². The molecule has 0 aliphatic carbocycles. The van der Waals surface area contributed by atoms with Crippen molar-refractivity contribution in [3.63, 3.8) is 0 Å². The summed E-state index contributed by atoms with van der Waals surface area (Å²) in [5, 5.41) is 3.50. The summed E-state index contributed by atoms with van der Waals surface area (Å²) < 4.78 is 0. The molecule has 1 nitrogen and oxygen atoms in total. The highest BCUT2D eigenvalue weighted by Crippen LogP contribution is 2.30. The molecule has 2 unspecified atom stereocenters. The van der Waals surface area contributed by atoms with E-state index in [1.165, 1.54) is 36.8 Å². The van der Waals surface area contributed by atoms with Crippen molar-refractivity contribution in [2.75, 3.05) is 7.05 Å². The number of aryl methyl sites for hydroxylation is 1. The molecule has 0 bridgehead atoms. The van der Waals surface area contributed by atoms with E-state index in [2.05, 4.69) is 71.2 Å². The van der Waals surface area contributed by atoms with Crippen molar-refractivity contribution >= 4 is 0 Å². The summed E-state index contributed by atoms with van der Waals surface area (Å²) in [6.45, 7) is 11.6. The molecule has 1 aromatic rings. The molecule has 0 saturated carbocycles. The highest BCUT2D eigenvalue weighted by Gasteiger charge is 2.19. The Bertz CT molecular complexity index is 389. The molecule has 0 aromatic heterocycles. The Balaban J connectivity index is 2.72. The zero-order chi connectivity index (χ0) is 15.2. The molecule has 1 aromatic carbocycles. The lowest BCUT2D eigenvalue weighted by Gasteiger charge is -2.27. The zero-order valence-electron chi connectivity index (χ0n) is 14.3. The largest absolute Gasteiger partial charge is 0.313 e. The third-order valence-electron chi connectivity index (χ3n) is 3.84. The Morgan fingerprint density at radius 1 is 1.20 bits per heavy atom. The van der Waals surface area contributed by atoms with Crippen LogP contribution in [0.15, 0.2) is 24.3 Å². The van der Waals surface area contributed by atoms with Crippen LogP contribution in [0.25, 0.3) is 0 Å². The molecule has 0 aliphatic heterocycles. The Morgan fingerprint density at radius 2 is 1.90 bits per heavy atom. The van der Waals surface area contributed by atoms with Crippen LogP contribution < -0.4 is 5.32 Å². The van der Waals surface area contributed by atoms with Gasteiger partial charge in [-0.3, -0.25) is 0 Å². The third kappa shape index (κ3) is 6.09. The number of hydrogen-bond acceptors (Lipinski definition) is 1. The Kier molecular flexibility index (Phi) is 6.75. The minimum atomic E-state index is 0.418.